The molecule has 0 saturated carbocycles. The van der Waals surface area contributed by atoms with Crippen molar-refractivity contribution >= 4 is 11.6 Å². The number of carbonyl (C=O) groups excluding carboxylic acids is 1. The standard InChI is InChI=1S/C22H18FN5O2/c1-13-9-16(23)7-8-19(13)28-12-15(10-20(28)29)21-24-22(30-27-21)18-11-17(25-26-18)14-5-3-2-4-6-14/h2-9,11,15H,10,12H2,1H3,(H,25,26). The third-order valence-electron chi connectivity index (χ3n) is 5.26. The Kier molecular flexibility index (Phi) is 4.39. The van der Waals surface area contributed by atoms with E-state index in [1.165, 1.54) is 12.1 Å². The van der Waals surface area contributed by atoms with Crippen molar-refractivity contribution < 1.29 is 13.7 Å². The molecular formula is C22H18FN5O2. The molecule has 5 rings (SSSR count). The van der Waals surface area contributed by atoms with Crippen LogP contribution >= 0.6 is 0 Å². The molecular weight excluding hydrogens is 385 g/mol. The van der Waals surface area contributed by atoms with E-state index in [-0.39, 0.29) is 24.1 Å². The minimum absolute atomic E-state index is 0.0473. The Morgan fingerprint density at radius 1 is 1.17 bits per heavy atom. The SMILES string of the molecule is Cc1cc(F)ccc1N1CC(c2noc(-c3cc(-c4ccccc4)n[nH]3)n2)CC1=O. The molecule has 7 nitrogen and oxygen atoms in total. The first-order chi connectivity index (χ1) is 14.6. The highest BCUT2D eigenvalue weighted by molar-refractivity contribution is 5.97. The number of H-pyrrole nitrogens is 1. The Bertz CT molecular complexity index is 1220. The normalized spacial score (nSPS) is 16.4. The minimum atomic E-state index is -0.323. The first kappa shape index (κ1) is 18.2. The van der Waals surface area contributed by atoms with E-state index in [9.17, 15) is 9.18 Å². The summed E-state index contributed by atoms with van der Waals surface area (Å²) in [5.74, 6) is 0.224. The molecule has 0 aliphatic carbocycles. The van der Waals surface area contributed by atoms with Crippen LogP contribution in [0.1, 0.15) is 23.7 Å². The molecule has 1 atom stereocenters. The van der Waals surface area contributed by atoms with Gasteiger partial charge in [-0.15, -0.1) is 0 Å². The second-order valence-electron chi connectivity index (χ2n) is 7.33. The quantitative estimate of drug-likeness (QED) is 0.554. The van der Waals surface area contributed by atoms with Crippen LogP contribution in [0.2, 0.25) is 0 Å². The number of aromatic amines is 1. The van der Waals surface area contributed by atoms with Crippen LogP contribution in [0.25, 0.3) is 22.8 Å². The van der Waals surface area contributed by atoms with Gasteiger partial charge in [0.2, 0.25) is 5.91 Å². The van der Waals surface area contributed by atoms with Crippen molar-refractivity contribution in [3.8, 4) is 22.8 Å². The van der Waals surface area contributed by atoms with E-state index in [2.05, 4.69) is 20.3 Å². The number of rotatable bonds is 4. The fraction of sp³-hybridized carbons (Fsp3) is 0.182. The predicted molar refractivity (Wildman–Crippen MR) is 108 cm³/mol. The second kappa shape index (κ2) is 7.22. The summed E-state index contributed by atoms with van der Waals surface area (Å²) in [7, 11) is 0. The number of carbonyl (C=O) groups is 1. The van der Waals surface area contributed by atoms with E-state index < -0.39 is 0 Å². The number of nitrogens with one attached hydrogen (secondary N) is 1. The largest absolute Gasteiger partial charge is 0.332 e. The highest BCUT2D eigenvalue weighted by Crippen LogP contribution is 2.33. The van der Waals surface area contributed by atoms with Crippen LogP contribution in [-0.2, 0) is 4.79 Å². The fourth-order valence-corrected chi connectivity index (χ4v) is 3.73. The van der Waals surface area contributed by atoms with Crippen molar-refractivity contribution in [1.29, 1.82) is 0 Å². The average Bonchev–Trinajstić information content (AvgIpc) is 3.48. The number of benzene rings is 2. The molecule has 0 radical (unpaired) electrons. The smallest absolute Gasteiger partial charge is 0.275 e. The Balaban J connectivity index is 1.36. The summed E-state index contributed by atoms with van der Waals surface area (Å²) in [6, 6.07) is 16.0. The van der Waals surface area contributed by atoms with Gasteiger partial charge in [0.25, 0.3) is 5.89 Å². The lowest BCUT2D eigenvalue weighted by Crippen LogP contribution is -2.25. The molecule has 2 aromatic carbocycles. The number of anilines is 1. The zero-order valence-electron chi connectivity index (χ0n) is 16.2. The van der Waals surface area contributed by atoms with E-state index in [1.54, 1.807) is 17.9 Å². The van der Waals surface area contributed by atoms with Crippen molar-refractivity contribution in [2.45, 2.75) is 19.3 Å². The van der Waals surface area contributed by atoms with Crippen LogP contribution in [0.3, 0.4) is 0 Å². The molecule has 30 heavy (non-hydrogen) atoms. The van der Waals surface area contributed by atoms with E-state index in [0.29, 0.717) is 35.2 Å². The molecule has 3 heterocycles. The van der Waals surface area contributed by atoms with Gasteiger partial charge in [-0.2, -0.15) is 10.1 Å². The van der Waals surface area contributed by atoms with Crippen molar-refractivity contribution in [2.75, 3.05) is 11.4 Å². The molecule has 2 aromatic heterocycles. The van der Waals surface area contributed by atoms with Crippen molar-refractivity contribution in [3.63, 3.8) is 0 Å². The van der Waals surface area contributed by atoms with Gasteiger partial charge < -0.3 is 9.42 Å². The molecule has 1 unspecified atom stereocenters. The maximum atomic E-state index is 13.4. The van der Waals surface area contributed by atoms with Gasteiger partial charge in [-0.05, 0) is 36.8 Å². The van der Waals surface area contributed by atoms with Crippen LogP contribution in [0.5, 0.6) is 0 Å². The topological polar surface area (TPSA) is 87.9 Å². The van der Waals surface area contributed by atoms with Crippen LogP contribution in [0.15, 0.2) is 59.1 Å². The number of aromatic nitrogens is 4. The maximum Gasteiger partial charge on any atom is 0.275 e. The first-order valence-corrected chi connectivity index (χ1v) is 9.60. The molecule has 0 bridgehead atoms. The Morgan fingerprint density at radius 2 is 2.00 bits per heavy atom. The monoisotopic (exact) mass is 403 g/mol. The van der Waals surface area contributed by atoms with E-state index in [0.717, 1.165) is 11.3 Å². The number of amides is 1. The average molecular weight is 403 g/mol. The Morgan fingerprint density at radius 3 is 2.80 bits per heavy atom. The van der Waals surface area contributed by atoms with Crippen molar-refractivity contribution in [1.82, 2.24) is 20.3 Å². The van der Waals surface area contributed by atoms with Gasteiger partial charge in [0.15, 0.2) is 5.82 Å². The lowest BCUT2D eigenvalue weighted by atomic mass is 10.1. The van der Waals surface area contributed by atoms with Crippen LogP contribution in [-0.4, -0.2) is 32.8 Å². The van der Waals surface area contributed by atoms with Gasteiger partial charge in [-0.25, -0.2) is 4.39 Å². The highest BCUT2D eigenvalue weighted by atomic mass is 19.1. The Labute approximate surface area is 171 Å². The first-order valence-electron chi connectivity index (χ1n) is 9.60. The van der Waals surface area contributed by atoms with Crippen LogP contribution in [0.4, 0.5) is 10.1 Å². The summed E-state index contributed by atoms with van der Waals surface area (Å²) >= 11 is 0. The van der Waals surface area contributed by atoms with Gasteiger partial charge in [0.1, 0.15) is 11.5 Å². The fourth-order valence-electron chi connectivity index (χ4n) is 3.73. The lowest BCUT2D eigenvalue weighted by molar-refractivity contribution is -0.117. The molecule has 150 valence electrons. The number of aryl methyl sites for hydroxylation is 1. The summed E-state index contributed by atoms with van der Waals surface area (Å²) < 4.78 is 18.8. The number of halogens is 1. The van der Waals surface area contributed by atoms with Crippen molar-refractivity contribution in [3.05, 3.63) is 71.8 Å². The van der Waals surface area contributed by atoms with Gasteiger partial charge in [0, 0.05) is 30.1 Å². The summed E-state index contributed by atoms with van der Waals surface area (Å²) in [4.78, 5) is 18.7. The summed E-state index contributed by atoms with van der Waals surface area (Å²) in [6.45, 7) is 2.20. The third-order valence-corrected chi connectivity index (χ3v) is 5.26. The van der Waals surface area contributed by atoms with E-state index >= 15 is 0 Å². The number of nitrogens with zero attached hydrogens (tertiary/aromatic N) is 4. The summed E-state index contributed by atoms with van der Waals surface area (Å²) in [5, 5.41) is 11.3. The van der Waals surface area contributed by atoms with E-state index in [1.807, 2.05) is 36.4 Å². The highest BCUT2D eigenvalue weighted by Gasteiger charge is 2.35. The van der Waals surface area contributed by atoms with Gasteiger partial charge in [-0.1, -0.05) is 35.5 Å². The van der Waals surface area contributed by atoms with Crippen LogP contribution < -0.4 is 4.90 Å². The van der Waals surface area contributed by atoms with Crippen LogP contribution in [0, 0.1) is 12.7 Å². The number of hydrogen-bond acceptors (Lipinski definition) is 5. The maximum absolute atomic E-state index is 13.4. The van der Waals surface area contributed by atoms with Gasteiger partial charge in [0.05, 0.1) is 5.69 Å². The summed E-state index contributed by atoms with van der Waals surface area (Å²) in [5.41, 5.74) is 3.78. The molecule has 1 N–H and O–H groups in total. The predicted octanol–water partition coefficient (Wildman–Crippen LogP) is 4.09. The molecule has 1 saturated heterocycles. The zero-order chi connectivity index (χ0) is 20.7. The molecule has 1 aliphatic rings. The molecule has 1 aliphatic heterocycles. The van der Waals surface area contributed by atoms with Gasteiger partial charge >= 0.3 is 0 Å². The van der Waals surface area contributed by atoms with E-state index in [4.69, 9.17) is 4.52 Å². The van der Waals surface area contributed by atoms with Crippen molar-refractivity contribution in [2.24, 2.45) is 0 Å². The molecule has 1 amide bonds. The molecule has 4 aromatic rings. The minimum Gasteiger partial charge on any atom is -0.332 e. The third kappa shape index (κ3) is 3.26. The number of hydrogen-bond donors (Lipinski definition) is 1. The molecule has 8 heteroatoms. The second-order valence-corrected chi connectivity index (χ2v) is 7.33. The molecule has 1 fully saturated rings. The van der Waals surface area contributed by atoms with Gasteiger partial charge in [-0.3, -0.25) is 9.89 Å². The summed E-state index contributed by atoms with van der Waals surface area (Å²) in [6.07, 6.45) is 0.272. The lowest BCUT2D eigenvalue weighted by Gasteiger charge is -2.18. The Hall–Kier alpha value is -3.81. The molecule has 0 spiro atoms. The zero-order valence-corrected chi connectivity index (χ0v) is 16.2.